The van der Waals surface area contributed by atoms with Crippen LogP contribution in [0, 0.1) is 6.92 Å². The number of carbonyl (C=O) groups is 1. The van der Waals surface area contributed by atoms with Crippen LogP contribution >= 0.6 is 11.5 Å². The maximum Gasteiger partial charge on any atom is 0.328 e. The summed E-state index contributed by atoms with van der Waals surface area (Å²) in [5, 5.41) is 18.4. The van der Waals surface area contributed by atoms with Gasteiger partial charge >= 0.3 is 5.97 Å². The van der Waals surface area contributed by atoms with E-state index in [0.717, 1.165) is 11.3 Å². The van der Waals surface area contributed by atoms with E-state index in [4.69, 9.17) is 5.11 Å². The van der Waals surface area contributed by atoms with Gasteiger partial charge in [-0.3, -0.25) is 0 Å². The summed E-state index contributed by atoms with van der Waals surface area (Å²) in [7, 11) is 0. The number of hydrogen-bond donors (Lipinski definition) is 1. The van der Waals surface area contributed by atoms with Gasteiger partial charge in [0, 0.05) is 10.9 Å². The molecule has 0 aromatic carbocycles. The quantitative estimate of drug-likeness (QED) is 0.873. The van der Waals surface area contributed by atoms with Crippen molar-refractivity contribution in [1.29, 1.82) is 0 Å². The molecule has 0 saturated carbocycles. The van der Waals surface area contributed by atoms with Crippen molar-refractivity contribution in [3.63, 3.8) is 0 Å². The minimum atomic E-state index is -0.934. The number of carboxylic acid groups (broad SMARTS) is 1. The number of aliphatic carboxylic acids is 1. The van der Waals surface area contributed by atoms with Gasteiger partial charge in [0.25, 0.3) is 0 Å². The molecule has 0 saturated heterocycles. The van der Waals surface area contributed by atoms with Crippen LogP contribution in [0.4, 0.5) is 0 Å². The Morgan fingerprint density at radius 1 is 1.62 bits per heavy atom. The number of rotatable bonds is 3. The molecule has 2 rings (SSSR count). The molecule has 2 aromatic rings. The fourth-order valence-electron chi connectivity index (χ4n) is 1.24. The van der Waals surface area contributed by atoms with E-state index in [1.807, 2.05) is 12.3 Å². The Balaban J connectivity index is 2.33. The summed E-state index contributed by atoms with van der Waals surface area (Å²) in [5.41, 5.74) is 2.42. The Labute approximate surface area is 95.7 Å². The number of aryl methyl sites for hydroxylation is 1. The zero-order valence-electron chi connectivity index (χ0n) is 8.78. The van der Waals surface area contributed by atoms with Gasteiger partial charge in [0.2, 0.25) is 0 Å². The van der Waals surface area contributed by atoms with E-state index in [-0.39, 0.29) is 0 Å². The SMILES string of the molecule is Cc1nscc1-c1cn(C(C)C(=O)O)nn1. The molecule has 2 heterocycles. The predicted octanol–water partition coefficient (Wildman–Crippen LogP) is 1.36. The van der Waals surface area contributed by atoms with Crippen molar-refractivity contribution >= 4 is 17.5 Å². The van der Waals surface area contributed by atoms with Crippen molar-refractivity contribution < 1.29 is 9.90 Å². The highest BCUT2D eigenvalue weighted by Crippen LogP contribution is 2.22. The van der Waals surface area contributed by atoms with Crippen LogP contribution in [0.2, 0.25) is 0 Å². The van der Waals surface area contributed by atoms with E-state index in [0.29, 0.717) is 5.69 Å². The van der Waals surface area contributed by atoms with Crippen LogP contribution in [0.5, 0.6) is 0 Å². The largest absolute Gasteiger partial charge is 0.480 e. The summed E-state index contributed by atoms with van der Waals surface area (Å²) >= 11 is 1.34. The zero-order chi connectivity index (χ0) is 11.7. The molecule has 0 spiro atoms. The van der Waals surface area contributed by atoms with Gasteiger partial charge in [0.05, 0.1) is 11.9 Å². The lowest BCUT2D eigenvalue weighted by atomic mass is 10.2. The molecule has 0 aliphatic carbocycles. The van der Waals surface area contributed by atoms with Crippen LogP contribution in [-0.4, -0.2) is 30.4 Å². The molecular formula is C9H10N4O2S. The van der Waals surface area contributed by atoms with E-state index >= 15 is 0 Å². The van der Waals surface area contributed by atoms with Crippen LogP contribution in [0.15, 0.2) is 11.6 Å². The smallest absolute Gasteiger partial charge is 0.328 e. The van der Waals surface area contributed by atoms with E-state index in [9.17, 15) is 4.79 Å². The van der Waals surface area contributed by atoms with Gasteiger partial charge in [-0.25, -0.2) is 9.48 Å². The molecular weight excluding hydrogens is 228 g/mol. The molecule has 1 N–H and O–H groups in total. The van der Waals surface area contributed by atoms with E-state index in [1.165, 1.54) is 16.2 Å². The highest BCUT2D eigenvalue weighted by atomic mass is 32.1. The molecule has 0 aliphatic heterocycles. The minimum absolute atomic E-state index is 0.652. The Hall–Kier alpha value is -1.76. The zero-order valence-corrected chi connectivity index (χ0v) is 9.60. The second-order valence-corrected chi connectivity index (χ2v) is 4.04. The monoisotopic (exact) mass is 238 g/mol. The standard InChI is InChI=1S/C9H10N4O2S/c1-5-7(4-16-11-5)8-3-13(12-10-8)6(2)9(14)15/h3-4,6H,1-2H3,(H,14,15). The second kappa shape index (κ2) is 4.01. The first kappa shape index (κ1) is 10.7. The Morgan fingerprint density at radius 3 is 2.94 bits per heavy atom. The van der Waals surface area contributed by atoms with Gasteiger partial charge in [-0.05, 0) is 25.4 Å². The Kier molecular flexibility index (Phi) is 2.69. The second-order valence-electron chi connectivity index (χ2n) is 3.41. The summed E-state index contributed by atoms with van der Waals surface area (Å²) in [6.45, 7) is 3.44. The average molecular weight is 238 g/mol. The van der Waals surface area contributed by atoms with E-state index in [1.54, 1.807) is 13.1 Å². The highest BCUT2D eigenvalue weighted by Gasteiger charge is 2.16. The van der Waals surface area contributed by atoms with Gasteiger partial charge in [-0.1, -0.05) is 5.21 Å². The van der Waals surface area contributed by atoms with Crippen molar-refractivity contribution in [3.8, 4) is 11.3 Å². The molecule has 1 unspecified atom stereocenters. The fourth-order valence-corrected chi connectivity index (χ4v) is 1.95. The molecule has 0 amide bonds. The van der Waals surface area contributed by atoms with Gasteiger partial charge < -0.3 is 5.11 Å². The lowest BCUT2D eigenvalue weighted by Crippen LogP contribution is -2.15. The van der Waals surface area contributed by atoms with E-state index < -0.39 is 12.0 Å². The Bertz CT molecular complexity index is 519. The van der Waals surface area contributed by atoms with Gasteiger partial charge in [0.1, 0.15) is 11.7 Å². The third-order valence-electron chi connectivity index (χ3n) is 2.29. The summed E-state index contributed by atoms with van der Waals surface area (Å²) in [6, 6.07) is -0.715. The lowest BCUT2D eigenvalue weighted by Gasteiger charge is -2.03. The first-order valence-corrected chi connectivity index (χ1v) is 5.49. The van der Waals surface area contributed by atoms with Crippen LogP contribution in [-0.2, 0) is 4.79 Å². The van der Waals surface area contributed by atoms with Crippen LogP contribution < -0.4 is 0 Å². The summed E-state index contributed by atoms with van der Waals surface area (Å²) in [5.74, 6) is -0.934. The molecule has 6 nitrogen and oxygen atoms in total. The predicted molar refractivity (Wildman–Crippen MR) is 58.2 cm³/mol. The topological polar surface area (TPSA) is 80.9 Å². The van der Waals surface area contributed by atoms with Crippen molar-refractivity contribution in [2.45, 2.75) is 19.9 Å². The number of aromatic nitrogens is 4. The first-order valence-electron chi connectivity index (χ1n) is 4.65. The molecule has 2 aromatic heterocycles. The number of nitrogens with zero attached hydrogens (tertiary/aromatic N) is 4. The Morgan fingerprint density at radius 2 is 2.38 bits per heavy atom. The normalized spacial score (nSPS) is 12.6. The maximum atomic E-state index is 10.8. The van der Waals surface area contributed by atoms with Crippen LogP contribution in [0.3, 0.4) is 0 Å². The number of carboxylic acids is 1. The minimum Gasteiger partial charge on any atom is -0.480 e. The first-order chi connectivity index (χ1) is 7.59. The van der Waals surface area contributed by atoms with Crippen molar-refractivity contribution in [1.82, 2.24) is 19.4 Å². The third kappa shape index (κ3) is 1.81. The van der Waals surface area contributed by atoms with Gasteiger partial charge in [-0.2, -0.15) is 4.37 Å². The molecule has 0 bridgehead atoms. The van der Waals surface area contributed by atoms with Crippen molar-refractivity contribution in [3.05, 3.63) is 17.3 Å². The third-order valence-corrected chi connectivity index (χ3v) is 3.01. The number of hydrogen-bond acceptors (Lipinski definition) is 5. The van der Waals surface area contributed by atoms with Gasteiger partial charge in [0.15, 0.2) is 0 Å². The van der Waals surface area contributed by atoms with Crippen LogP contribution in [0.1, 0.15) is 18.7 Å². The molecule has 1 atom stereocenters. The molecule has 16 heavy (non-hydrogen) atoms. The molecule has 0 radical (unpaired) electrons. The summed E-state index contributed by atoms with van der Waals surface area (Å²) in [4.78, 5) is 10.8. The molecule has 84 valence electrons. The summed E-state index contributed by atoms with van der Waals surface area (Å²) < 4.78 is 5.46. The van der Waals surface area contributed by atoms with Crippen molar-refractivity contribution in [2.75, 3.05) is 0 Å². The molecule has 0 fully saturated rings. The van der Waals surface area contributed by atoms with Crippen molar-refractivity contribution in [2.24, 2.45) is 0 Å². The highest BCUT2D eigenvalue weighted by molar-refractivity contribution is 7.04. The van der Waals surface area contributed by atoms with Crippen LogP contribution in [0.25, 0.3) is 11.3 Å². The summed E-state index contributed by atoms with van der Waals surface area (Å²) in [6.07, 6.45) is 1.62. The van der Waals surface area contributed by atoms with Gasteiger partial charge in [-0.15, -0.1) is 5.10 Å². The maximum absolute atomic E-state index is 10.8. The van der Waals surface area contributed by atoms with E-state index in [2.05, 4.69) is 14.7 Å². The fraction of sp³-hybridized carbons (Fsp3) is 0.333. The lowest BCUT2D eigenvalue weighted by molar-refractivity contribution is -0.140. The average Bonchev–Trinajstić information content (AvgIpc) is 2.84. The molecule has 0 aliphatic rings. The molecule has 7 heteroatoms.